The Balaban J connectivity index is 1.39. The smallest absolute Gasteiger partial charge is 0.233 e. The second-order valence-corrected chi connectivity index (χ2v) is 9.27. The van der Waals surface area contributed by atoms with Crippen LogP contribution in [0.2, 0.25) is 0 Å². The normalized spacial score (nSPS) is 19.3. The van der Waals surface area contributed by atoms with Gasteiger partial charge in [0.1, 0.15) is 5.76 Å². The van der Waals surface area contributed by atoms with Gasteiger partial charge in [0.25, 0.3) is 0 Å². The van der Waals surface area contributed by atoms with Gasteiger partial charge in [-0.05, 0) is 38.3 Å². The van der Waals surface area contributed by atoms with Crippen LogP contribution in [0, 0.1) is 13.8 Å². The summed E-state index contributed by atoms with van der Waals surface area (Å²) in [6.07, 6.45) is 0.483. The number of Topliss-reactive ketones (excluding diaryl/α,β-unsaturated/α-hetero) is 1. The minimum atomic E-state index is -0.696. The number of nitrogens with zero attached hydrogens (tertiary/aromatic N) is 3. The highest BCUT2D eigenvalue weighted by Crippen LogP contribution is 2.29. The van der Waals surface area contributed by atoms with E-state index in [0.29, 0.717) is 24.3 Å². The van der Waals surface area contributed by atoms with Crippen molar-refractivity contribution in [2.45, 2.75) is 58.1 Å². The fraction of sp³-hybridized carbons (Fsp3) is 0.417. The van der Waals surface area contributed by atoms with E-state index < -0.39 is 18.1 Å². The molecule has 32 heavy (non-hydrogen) atoms. The summed E-state index contributed by atoms with van der Waals surface area (Å²) in [4.78, 5) is 33.0. The summed E-state index contributed by atoms with van der Waals surface area (Å²) >= 11 is 1.61. The van der Waals surface area contributed by atoms with E-state index in [1.807, 2.05) is 24.6 Å². The largest absolute Gasteiger partial charge is 0.391 e. The zero-order chi connectivity index (χ0) is 22.8. The van der Waals surface area contributed by atoms with Crippen LogP contribution in [0.5, 0.6) is 0 Å². The zero-order valence-corrected chi connectivity index (χ0v) is 19.3. The van der Waals surface area contributed by atoms with E-state index in [9.17, 15) is 14.7 Å². The minimum Gasteiger partial charge on any atom is -0.391 e. The summed E-state index contributed by atoms with van der Waals surface area (Å²) in [6.45, 7) is 5.68. The van der Waals surface area contributed by atoms with Crippen molar-refractivity contribution >= 4 is 23.0 Å². The first-order valence-electron chi connectivity index (χ1n) is 10.8. The molecule has 1 N–H and O–H groups in total. The van der Waals surface area contributed by atoms with Gasteiger partial charge in [-0.3, -0.25) is 9.59 Å². The summed E-state index contributed by atoms with van der Waals surface area (Å²) in [5.41, 5.74) is 5.73. The molecule has 0 unspecified atom stereocenters. The van der Waals surface area contributed by atoms with Crippen molar-refractivity contribution < 1.29 is 19.2 Å². The SMILES string of the molecule is Cc1cc([C@@H](C)C(=O)N2C[C@H](O)C[C@H]2C(=O)CCc2ccc(-c3scnc3C)cc2)on1. The summed E-state index contributed by atoms with van der Waals surface area (Å²) in [7, 11) is 0. The lowest BCUT2D eigenvalue weighted by Crippen LogP contribution is -2.42. The van der Waals surface area contributed by atoms with Gasteiger partial charge in [0.15, 0.2) is 5.78 Å². The van der Waals surface area contributed by atoms with Gasteiger partial charge in [0, 0.05) is 25.5 Å². The lowest BCUT2D eigenvalue weighted by Gasteiger charge is -2.25. The van der Waals surface area contributed by atoms with Gasteiger partial charge in [-0.15, -0.1) is 11.3 Å². The van der Waals surface area contributed by atoms with E-state index in [2.05, 4.69) is 22.3 Å². The summed E-state index contributed by atoms with van der Waals surface area (Å²) in [5.74, 6) is -0.338. The van der Waals surface area contributed by atoms with Crippen LogP contribution >= 0.6 is 11.3 Å². The molecule has 0 saturated carbocycles. The molecule has 3 aromatic rings. The van der Waals surface area contributed by atoms with Crippen molar-refractivity contribution in [1.82, 2.24) is 15.0 Å². The number of thiazole rings is 1. The molecule has 1 fully saturated rings. The van der Waals surface area contributed by atoms with Gasteiger partial charge >= 0.3 is 0 Å². The Bertz CT molecular complexity index is 1100. The first-order valence-corrected chi connectivity index (χ1v) is 11.7. The predicted octanol–water partition coefficient (Wildman–Crippen LogP) is 3.68. The van der Waals surface area contributed by atoms with Crippen molar-refractivity contribution in [3.05, 3.63) is 58.6 Å². The fourth-order valence-electron chi connectivity index (χ4n) is 4.16. The number of aryl methyl sites for hydroxylation is 3. The maximum absolute atomic E-state index is 13.0. The monoisotopic (exact) mass is 453 g/mol. The van der Waals surface area contributed by atoms with E-state index >= 15 is 0 Å². The number of β-amino-alcohol motifs (C(OH)–C–C–N with tert-alkyl or cyclic N) is 1. The first-order chi connectivity index (χ1) is 15.3. The average molecular weight is 454 g/mol. The van der Waals surface area contributed by atoms with Crippen molar-refractivity contribution in [3.63, 3.8) is 0 Å². The number of rotatable bonds is 7. The van der Waals surface area contributed by atoms with Crippen molar-refractivity contribution in [3.8, 4) is 10.4 Å². The van der Waals surface area contributed by atoms with E-state index in [0.717, 1.165) is 21.7 Å². The van der Waals surface area contributed by atoms with Crippen LogP contribution in [0.3, 0.4) is 0 Å². The number of hydrogen-bond acceptors (Lipinski definition) is 7. The van der Waals surface area contributed by atoms with E-state index in [1.54, 1.807) is 31.3 Å². The molecule has 1 aromatic carbocycles. The van der Waals surface area contributed by atoms with Gasteiger partial charge in [-0.25, -0.2) is 4.98 Å². The van der Waals surface area contributed by atoms with Gasteiger partial charge in [0.05, 0.1) is 39.8 Å². The number of aromatic nitrogens is 2. The lowest BCUT2D eigenvalue weighted by molar-refractivity contribution is -0.139. The maximum atomic E-state index is 13.0. The first kappa shape index (κ1) is 22.4. The second-order valence-electron chi connectivity index (χ2n) is 8.42. The number of aliphatic hydroxyl groups excluding tert-OH is 1. The third kappa shape index (κ3) is 4.66. The number of ketones is 1. The van der Waals surface area contributed by atoms with Crippen LogP contribution in [0.4, 0.5) is 0 Å². The van der Waals surface area contributed by atoms with Gasteiger partial charge in [-0.2, -0.15) is 0 Å². The number of likely N-dealkylation sites (tertiary alicyclic amines) is 1. The highest BCUT2D eigenvalue weighted by molar-refractivity contribution is 7.13. The summed E-state index contributed by atoms with van der Waals surface area (Å²) in [5, 5.41) is 14.0. The maximum Gasteiger partial charge on any atom is 0.233 e. The number of amides is 1. The number of benzene rings is 1. The Morgan fingerprint density at radius 2 is 2.03 bits per heavy atom. The Morgan fingerprint density at radius 1 is 1.28 bits per heavy atom. The molecular formula is C24H27N3O4S. The van der Waals surface area contributed by atoms with E-state index in [4.69, 9.17) is 4.52 Å². The molecule has 8 heteroatoms. The molecule has 0 radical (unpaired) electrons. The third-order valence-corrected chi connectivity index (χ3v) is 6.98. The average Bonchev–Trinajstić information content (AvgIpc) is 3.51. The molecule has 1 amide bonds. The van der Waals surface area contributed by atoms with Crippen LogP contribution in [-0.2, 0) is 16.0 Å². The van der Waals surface area contributed by atoms with Crippen molar-refractivity contribution in [1.29, 1.82) is 0 Å². The molecule has 0 spiro atoms. The molecule has 2 aromatic heterocycles. The van der Waals surface area contributed by atoms with E-state index in [1.165, 1.54) is 4.90 Å². The van der Waals surface area contributed by atoms with E-state index in [-0.39, 0.29) is 24.7 Å². The topological polar surface area (TPSA) is 96.5 Å². The van der Waals surface area contributed by atoms with Gasteiger partial charge < -0.3 is 14.5 Å². The Kier molecular flexibility index (Phi) is 6.53. The van der Waals surface area contributed by atoms with Crippen molar-refractivity contribution in [2.75, 3.05) is 6.54 Å². The summed E-state index contributed by atoms with van der Waals surface area (Å²) in [6, 6.07) is 9.28. The van der Waals surface area contributed by atoms with Crippen molar-refractivity contribution in [2.24, 2.45) is 0 Å². The van der Waals surface area contributed by atoms with Crippen LogP contribution in [0.1, 0.15) is 48.4 Å². The molecule has 168 valence electrons. The van der Waals surface area contributed by atoms with Crippen LogP contribution in [0.25, 0.3) is 10.4 Å². The van der Waals surface area contributed by atoms with Crippen LogP contribution in [0.15, 0.2) is 40.4 Å². The zero-order valence-electron chi connectivity index (χ0n) is 18.4. The molecule has 1 aliphatic rings. The number of carbonyl (C=O) groups is 2. The molecule has 0 aliphatic carbocycles. The van der Waals surface area contributed by atoms with Gasteiger partial charge in [0.2, 0.25) is 5.91 Å². The number of carbonyl (C=O) groups excluding carboxylic acids is 2. The summed E-state index contributed by atoms with van der Waals surface area (Å²) < 4.78 is 5.23. The second kappa shape index (κ2) is 9.34. The Labute approximate surface area is 191 Å². The molecule has 1 saturated heterocycles. The highest BCUT2D eigenvalue weighted by atomic mass is 32.1. The van der Waals surface area contributed by atoms with Crippen LogP contribution < -0.4 is 0 Å². The minimum absolute atomic E-state index is 0.0294. The standard InChI is InChI=1S/C24H27N3O4S/c1-14-10-22(31-26-14)15(2)24(30)27-12-19(28)11-20(27)21(29)9-6-17-4-7-18(8-5-17)23-16(3)25-13-32-23/h4-5,7-8,10,13,15,19-20,28H,6,9,11-12H2,1-3H3/t15-,19-,20+/m1/s1. The molecule has 0 bridgehead atoms. The molecule has 4 rings (SSSR count). The van der Waals surface area contributed by atoms with Gasteiger partial charge in [-0.1, -0.05) is 29.4 Å². The third-order valence-electron chi connectivity index (χ3n) is 6.00. The number of hydrogen-bond donors (Lipinski definition) is 1. The molecule has 3 atom stereocenters. The Hall–Kier alpha value is -2.84. The molecule has 3 heterocycles. The highest BCUT2D eigenvalue weighted by Gasteiger charge is 2.40. The molecular weight excluding hydrogens is 426 g/mol. The molecule has 7 nitrogen and oxygen atoms in total. The Morgan fingerprint density at radius 3 is 2.66 bits per heavy atom. The fourth-order valence-corrected chi connectivity index (χ4v) is 4.97. The quantitative estimate of drug-likeness (QED) is 0.586. The molecule has 1 aliphatic heterocycles. The van der Waals surface area contributed by atoms with Crippen LogP contribution in [-0.4, -0.2) is 50.5 Å². The lowest BCUT2D eigenvalue weighted by atomic mass is 9.99. The predicted molar refractivity (Wildman–Crippen MR) is 121 cm³/mol. The number of aliphatic hydroxyl groups is 1.